The van der Waals surface area contributed by atoms with E-state index in [-0.39, 0.29) is 22.8 Å². The molecule has 0 radical (unpaired) electrons. The number of carbonyl (C=O) groups is 1. The number of rotatable bonds is 6. The lowest BCUT2D eigenvalue weighted by molar-refractivity contribution is -0.148. The van der Waals surface area contributed by atoms with Gasteiger partial charge in [-0.3, -0.25) is 9.35 Å². The quantitative estimate of drug-likeness (QED) is 0.578. The molecule has 6 nitrogen and oxygen atoms in total. The van der Waals surface area contributed by atoms with Crippen molar-refractivity contribution in [1.29, 1.82) is 0 Å². The second-order valence-electron chi connectivity index (χ2n) is 6.39. The Morgan fingerprint density at radius 1 is 1.07 bits per heavy atom. The molecule has 0 aromatic heterocycles. The molecular weight excluding hydrogens is 366 g/mol. The van der Waals surface area contributed by atoms with E-state index in [9.17, 15) is 13.2 Å². The average Bonchev–Trinajstić information content (AvgIpc) is 2.61. The summed E-state index contributed by atoms with van der Waals surface area (Å²) < 4.78 is 34.8. The first-order valence-electron chi connectivity index (χ1n) is 8.57. The smallest absolute Gasteiger partial charge is 0.323 e. The number of aryl methyl sites for hydroxylation is 1. The molecule has 0 aliphatic heterocycles. The number of carbonyl (C=O) groups excluding carboxylic acids is 1. The Bertz CT molecular complexity index is 802. The van der Waals surface area contributed by atoms with Gasteiger partial charge in [-0.25, -0.2) is 0 Å². The maximum atomic E-state index is 11.7. The Hall–Kier alpha value is -2.22. The third-order valence-corrected chi connectivity index (χ3v) is 4.64. The van der Waals surface area contributed by atoms with E-state index >= 15 is 0 Å². The van der Waals surface area contributed by atoms with Crippen LogP contribution < -0.4 is 5.32 Å². The van der Waals surface area contributed by atoms with Crippen LogP contribution in [0.4, 0.5) is 0 Å². The average molecular weight is 394 g/mol. The number of nitrogens with one attached hydrogen (secondary N) is 1. The van der Waals surface area contributed by atoms with Gasteiger partial charge in [0.1, 0.15) is 12.6 Å². The van der Waals surface area contributed by atoms with Gasteiger partial charge in [0, 0.05) is 0 Å². The van der Waals surface area contributed by atoms with Crippen molar-refractivity contribution < 1.29 is 22.5 Å². The summed E-state index contributed by atoms with van der Waals surface area (Å²) in [6.07, 6.45) is 0. The molecule has 27 heavy (non-hydrogen) atoms. The molecule has 2 aromatic carbocycles. The van der Waals surface area contributed by atoms with E-state index in [1.54, 1.807) is 19.2 Å². The van der Waals surface area contributed by atoms with Gasteiger partial charge in [-0.15, -0.1) is 0 Å². The molecule has 0 fully saturated rings. The lowest BCUT2D eigenvalue weighted by atomic mass is 10.1. The highest BCUT2D eigenvalue weighted by Gasteiger charge is 2.21. The van der Waals surface area contributed by atoms with Crippen molar-refractivity contribution in [3.63, 3.8) is 0 Å². The van der Waals surface area contributed by atoms with Crippen molar-refractivity contribution >= 4 is 16.1 Å². The largest absolute Gasteiger partial charge is 0.460 e. The summed E-state index contributed by atoms with van der Waals surface area (Å²) in [5.74, 6) is 0.0367. The zero-order valence-corrected chi connectivity index (χ0v) is 16.9. The first-order valence-corrected chi connectivity index (χ1v) is 10.0. The molecule has 0 amide bonds. The van der Waals surface area contributed by atoms with Crippen LogP contribution in [0.15, 0.2) is 59.5 Å². The van der Waals surface area contributed by atoms with Crippen LogP contribution in [0.5, 0.6) is 0 Å². The summed E-state index contributed by atoms with van der Waals surface area (Å²) in [4.78, 5) is 11.6. The number of benzene rings is 2. The summed E-state index contributed by atoms with van der Waals surface area (Å²) in [6, 6.07) is 15.4. The van der Waals surface area contributed by atoms with Crippen LogP contribution in [0.25, 0.3) is 0 Å². The molecule has 0 unspecified atom stereocenters. The predicted octanol–water partition coefficient (Wildman–Crippen LogP) is 3.22. The lowest BCUT2D eigenvalue weighted by Crippen LogP contribution is -2.39. The predicted molar refractivity (Wildman–Crippen MR) is 105 cm³/mol. The molecule has 7 heteroatoms. The van der Waals surface area contributed by atoms with E-state index in [4.69, 9.17) is 9.29 Å². The van der Waals surface area contributed by atoms with Gasteiger partial charge in [-0.1, -0.05) is 61.9 Å². The first-order chi connectivity index (χ1) is 12.6. The van der Waals surface area contributed by atoms with E-state index in [0.717, 1.165) is 11.1 Å². The molecule has 0 saturated heterocycles. The van der Waals surface area contributed by atoms with Gasteiger partial charge < -0.3 is 10.1 Å². The summed E-state index contributed by atoms with van der Waals surface area (Å²) >= 11 is 0. The lowest BCUT2D eigenvalue weighted by Gasteiger charge is -2.18. The fraction of sp³-hybridized carbons (Fsp3) is 0.350. The van der Waals surface area contributed by atoms with Crippen molar-refractivity contribution in [2.45, 2.75) is 38.3 Å². The minimum atomic E-state index is -4.02. The fourth-order valence-corrected chi connectivity index (χ4v) is 2.73. The molecule has 0 bridgehead atoms. The summed E-state index contributed by atoms with van der Waals surface area (Å²) in [5.41, 5.74) is 1.96. The van der Waals surface area contributed by atoms with Gasteiger partial charge >= 0.3 is 5.97 Å². The van der Waals surface area contributed by atoms with Crippen molar-refractivity contribution in [1.82, 2.24) is 5.32 Å². The summed E-state index contributed by atoms with van der Waals surface area (Å²) in [6.45, 7) is 6.16. The van der Waals surface area contributed by atoms with Gasteiger partial charge in [-0.05, 0) is 37.6 Å². The molecule has 1 atom stereocenters. The van der Waals surface area contributed by atoms with Crippen LogP contribution in [-0.4, -0.2) is 32.0 Å². The van der Waals surface area contributed by atoms with Gasteiger partial charge in [0.15, 0.2) is 0 Å². The molecule has 0 heterocycles. The standard InChI is InChI=1S/C13H19NO2.C7H8O3S/c1-10(2)12(14-3)13(15)16-9-11-7-5-4-6-8-11;1-6-2-4-7(5-3-6)11(8,9)10/h4-8,10,12,14H,9H2,1-3H3;2-5H,1H3,(H,8,9,10)/t12-;/m1./s1. The molecule has 0 spiro atoms. The Balaban J connectivity index is 0.000000289. The third-order valence-electron chi connectivity index (χ3n) is 3.77. The van der Waals surface area contributed by atoms with Crippen LogP contribution in [0.2, 0.25) is 0 Å². The van der Waals surface area contributed by atoms with Gasteiger partial charge in [0.2, 0.25) is 0 Å². The fourth-order valence-electron chi connectivity index (χ4n) is 2.25. The van der Waals surface area contributed by atoms with Crippen LogP contribution >= 0.6 is 0 Å². The van der Waals surface area contributed by atoms with Gasteiger partial charge in [0.05, 0.1) is 4.90 Å². The second-order valence-corrected chi connectivity index (χ2v) is 7.81. The zero-order valence-electron chi connectivity index (χ0n) is 16.0. The highest BCUT2D eigenvalue weighted by molar-refractivity contribution is 7.85. The molecule has 2 aromatic rings. The number of ether oxygens (including phenoxy) is 1. The van der Waals surface area contributed by atoms with Crippen LogP contribution in [-0.2, 0) is 26.3 Å². The van der Waals surface area contributed by atoms with E-state index in [0.29, 0.717) is 6.61 Å². The van der Waals surface area contributed by atoms with Crippen molar-refractivity contribution in [2.24, 2.45) is 5.92 Å². The van der Waals surface area contributed by atoms with Crippen molar-refractivity contribution in [2.75, 3.05) is 7.05 Å². The maximum absolute atomic E-state index is 11.7. The topological polar surface area (TPSA) is 92.7 Å². The number of likely N-dealkylation sites (N-methyl/N-ethyl adjacent to an activating group) is 1. The van der Waals surface area contributed by atoms with E-state index < -0.39 is 10.1 Å². The molecule has 148 valence electrons. The maximum Gasteiger partial charge on any atom is 0.323 e. The SMILES string of the molecule is CN[C@@H](C(=O)OCc1ccccc1)C(C)C.Cc1ccc(S(=O)(=O)O)cc1. The normalized spacial score (nSPS) is 12.1. The Labute approximate surface area is 161 Å². The third kappa shape index (κ3) is 8.34. The highest BCUT2D eigenvalue weighted by Crippen LogP contribution is 2.08. The van der Waals surface area contributed by atoms with Crippen LogP contribution in [0.3, 0.4) is 0 Å². The highest BCUT2D eigenvalue weighted by atomic mass is 32.2. The second kappa shape index (κ2) is 10.8. The summed E-state index contributed by atoms with van der Waals surface area (Å²) in [5, 5.41) is 2.96. The Kier molecular flexibility index (Phi) is 9.14. The molecule has 0 aliphatic carbocycles. The zero-order chi connectivity index (χ0) is 20.4. The van der Waals surface area contributed by atoms with E-state index in [1.807, 2.05) is 51.1 Å². The number of hydrogen-bond donors (Lipinski definition) is 2. The van der Waals surface area contributed by atoms with E-state index in [2.05, 4.69) is 5.32 Å². The molecule has 2 N–H and O–H groups in total. The number of esters is 1. The number of hydrogen-bond acceptors (Lipinski definition) is 5. The monoisotopic (exact) mass is 393 g/mol. The van der Waals surface area contributed by atoms with Crippen LogP contribution in [0.1, 0.15) is 25.0 Å². The molecule has 0 aliphatic rings. The van der Waals surface area contributed by atoms with Crippen LogP contribution in [0, 0.1) is 12.8 Å². The first kappa shape index (κ1) is 22.8. The van der Waals surface area contributed by atoms with Gasteiger partial charge in [0.25, 0.3) is 10.1 Å². The van der Waals surface area contributed by atoms with Crippen molar-refractivity contribution in [3.8, 4) is 0 Å². The Morgan fingerprint density at radius 3 is 2.07 bits per heavy atom. The van der Waals surface area contributed by atoms with Gasteiger partial charge in [-0.2, -0.15) is 8.42 Å². The van der Waals surface area contributed by atoms with E-state index in [1.165, 1.54) is 12.1 Å². The molecular formula is C20H27NO5S. The Morgan fingerprint density at radius 2 is 1.63 bits per heavy atom. The summed E-state index contributed by atoms with van der Waals surface area (Å²) in [7, 11) is -2.25. The van der Waals surface area contributed by atoms with Crippen molar-refractivity contribution in [3.05, 3.63) is 65.7 Å². The minimum Gasteiger partial charge on any atom is -0.460 e. The minimum absolute atomic E-state index is 0.0666. The molecule has 0 saturated carbocycles. The molecule has 2 rings (SSSR count).